The second kappa shape index (κ2) is 9.20. The number of aliphatic imine (C=N–C) groups is 1. The van der Waals surface area contributed by atoms with Gasteiger partial charge in [-0.25, -0.2) is 4.99 Å². The largest absolute Gasteiger partial charge is 0.378 e. The van der Waals surface area contributed by atoms with Gasteiger partial charge < -0.3 is 9.50 Å². The lowest BCUT2D eigenvalue weighted by molar-refractivity contribution is -0.115. The third-order valence-corrected chi connectivity index (χ3v) is 6.83. The summed E-state index contributed by atoms with van der Waals surface area (Å²) in [6, 6.07) is 19.9. The van der Waals surface area contributed by atoms with Crippen molar-refractivity contribution >= 4 is 56.3 Å². The van der Waals surface area contributed by atoms with E-state index in [1.807, 2.05) is 6.92 Å². The quantitative estimate of drug-likeness (QED) is 0.392. The topological polar surface area (TPSA) is 84.8 Å². The highest BCUT2D eigenvalue weighted by Gasteiger charge is 2.25. The monoisotopic (exact) mass is 484 g/mol. The Morgan fingerprint density at radius 1 is 1.00 bits per heavy atom. The Labute approximate surface area is 195 Å². The van der Waals surface area contributed by atoms with Crippen LogP contribution in [0.5, 0.6) is 5.75 Å². The van der Waals surface area contributed by atoms with Crippen LogP contribution in [0.15, 0.2) is 87.6 Å². The molecule has 1 heterocycles. The molecule has 0 unspecified atom stereocenters. The van der Waals surface area contributed by atoms with Crippen molar-refractivity contribution in [2.75, 3.05) is 0 Å². The van der Waals surface area contributed by atoms with Crippen LogP contribution in [0.2, 0.25) is 5.02 Å². The van der Waals surface area contributed by atoms with E-state index < -0.39 is 10.1 Å². The van der Waals surface area contributed by atoms with E-state index in [1.54, 1.807) is 66.7 Å². The Balaban J connectivity index is 1.59. The summed E-state index contributed by atoms with van der Waals surface area (Å²) in [5, 5.41) is 3.70. The fourth-order valence-electron chi connectivity index (χ4n) is 2.80. The van der Waals surface area contributed by atoms with Crippen molar-refractivity contribution in [2.45, 2.75) is 11.8 Å². The van der Waals surface area contributed by atoms with Crippen LogP contribution in [0.4, 0.5) is 5.69 Å². The number of nitrogens with one attached hydrogen (secondary N) is 1. The summed E-state index contributed by atoms with van der Waals surface area (Å²) in [7, 11) is -4.03. The molecule has 0 spiro atoms. The van der Waals surface area contributed by atoms with Crippen LogP contribution < -0.4 is 9.50 Å². The number of para-hydroxylation sites is 1. The fraction of sp³-hybridized carbons (Fsp3) is 0.0435. The maximum absolute atomic E-state index is 12.7. The van der Waals surface area contributed by atoms with E-state index in [-0.39, 0.29) is 16.6 Å². The first kappa shape index (κ1) is 22.1. The van der Waals surface area contributed by atoms with Gasteiger partial charge in [0.1, 0.15) is 10.6 Å². The molecule has 1 aliphatic rings. The highest BCUT2D eigenvalue weighted by Crippen LogP contribution is 2.32. The van der Waals surface area contributed by atoms with Crippen LogP contribution in [0.25, 0.3) is 6.08 Å². The third kappa shape index (κ3) is 5.21. The second-order valence-electron chi connectivity index (χ2n) is 6.85. The van der Waals surface area contributed by atoms with Crippen LogP contribution in [-0.2, 0) is 14.9 Å². The number of rotatable bonds is 5. The lowest BCUT2D eigenvalue weighted by Crippen LogP contribution is -2.19. The van der Waals surface area contributed by atoms with E-state index in [0.29, 0.717) is 26.3 Å². The average molecular weight is 485 g/mol. The molecule has 0 radical (unpaired) electrons. The molecule has 1 N–H and O–H groups in total. The maximum atomic E-state index is 12.7. The summed E-state index contributed by atoms with van der Waals surface area (Å²) >= 11 is 7.03. The van der Waals surface area contributed by atoms with Crippen molar-refractivity contribution in [3.63, 3.8) is 0 Å². The molecule has 0 atom stereocenters. The van der Waals surface area contributed by atoms with Gasteiger partial charge in [0.15, 0.2) is 5.17 Å². The molecule has 0 aliphatic carbocycles. The second-order valence-corrected chi connectivity index (χ2v) is 9.86. The number of carbonyl (C=O) groups is 1. The lowest BCUT2D eigenvalue weighted by atomic mass is 10.2. The van der Waals surface area contributed by atoms with Gasteiger partial charge in [0, 0.05) is 10.6 Å². The molecule has 1 amide bonds. The van der Waals surface area contributed by atoms with Crippen LogP contribution in [0.3, 0.4) is 0 Å². The van der Waals surface area contributed by atoms with Crippen molar-refractivity contribution in [3.8, 4) is 5.75 Å². The zero-order valence-corrected chi connectivity index (χ0v) is 19.2. The number of amidine groups is 1. The number of amides is 1. The summed E-state index contributed by atoms with van der Waals surface area (Å²) in [5.41, 5.74) is 2.04. The SMILES string of the molecule is Cc1ccc(S(=O)(=O)Oc2ccccc2/C=C2/SC(=Nc3ccc(Cl)cc3)NC2=O)cc1. The highest BCUT2D eigenvalue weighted by atomic mass is 35.5. The smallest absolute Gasteiger partial charge is 0.339 e. The molecule has 4 rings (SSSR count). The highest BCUT2D eigenvalue weighted by molar-refractivity contribution is 8.18. The zero-order chi connectivity index (χ0) is 22.7. The van der Waals surface area contributed by atoms with Gasteiger partial charge in [0.2, 0.25) is 0 Å². The Hall–Kier alpha value is -3.07. The Morgan fingerprint density at radius 2 is 1.69 bits per heavy atom. The minimum absolute atomic E-state index is 0.0518. The van der Waals surface area contributed by atoms with Crippen molar-refractivity contribution in [1.82, 2.24) is 5.32 Å². The Morgan fingerprint density at radius 3 is 2.41 bits per heavy atom. The van der Waals surface area contributed by atoms with Gasteiger partial charge in [-0.15, -0.1) is 0 Å². The van der Waals surface area contributed by atoms with Crippen molar-refractivity contribution in [2.24, 2.45) is 4.99 Å². The molecule has 1 saturated heterocycles. The molecule has 0 bridgehead atoms. The minimum atomic E-state index is -4.03. The summed E-state index contributed by atoms with van der Waals surface area (Å²) < 4.78 is 30.8. The first-order valence-electron chi connectivity index (χ1n) is 9.45. The summed E-state index contributed by atoms with van der Waals surface area (Å²) in [5.74, 6) is -0.212. The van der Waals surface area contributed by atoms with Gasteiger partial charge in [0.05, 0.1) is 10.6 Å². The van der Waals surface area contributed by atoms with Crippen LogP contribution >= 0.6 is 23.4 Å². The predicted molar refractivity (Wildman–Crippen MR) is 128 cm³/mol. The zero-order valence-electron chi connectivity index (χ0n) is 16.8. The van der Waals surface area contributed by atoms with Gasteiger partial charge >= 0.3 is 10.1 Å². The fourth-order valence-corrected chi connectivity index (χ4v) is 4.71. The van der Waals surface area contributed by atoms with E-state index in [4.69, 9.17) is 15.8 Å². The van der Waals surface area contributed by atoms with Crippen molar-refractivity contribution in [1.29, 1.82) is 0 Å². The van der Waals surface area contributed by atoms with E-state index in [0.717, 1.165) is 17.3 Å². The molecule has 0 aromatic heterocycles. The number of carbonyl (C=O) groups excluding carboxylic acids is 1. The molecule has 9 heteroatoms. The third-order valence-electron chi connectivity index (χ3n) is 4.42. The summed E-state index contributed by atoms with van der Waals surface area (Å²) in [6.45, 7) is 1.87. The van der Waals surface area contributed by atoms with Gasteiger partial charge in [-0.2, -0.15) is 8.42 Å². The molecular formula is C23H17ClN2O4S2. The summed E-state index contributed by atoms with van der Waals surface area (Å²) in [4.78, 5) is 17.2. The normalized spacial score (nSPS) is 16.4. The molecule has 1 fully saturated rings. The molecular weight excluding hydrogens is 468 g/mol. The number of nitrogens with zero attached hydrogens (tertiary/aromatic N) is 1. The number of halogens is 1. The average Bonchev–Trinajstić information content (AvgIpc) is 3.10. The molecule has 32 heavy (non-hydrogen) atoms. The molecule has 3 aromatic rings. The minimum Gasteiger partial charge on any atom is -0.378 e. The van der Waals surface area contributed by atoms with Crippen molar-refractivity contribution in [3.05, 3.63) is 93.9 Å². The van der Waals surface area contributed by atoms with Gasteiger partial charge in [-0.1, -0.05) is 47.5 Å². The first-order valence-corrected chi connectivity index (χ1v) is 12.1. The van der Waals surface area contributed by atoms with Gasteiger partial charge in [-0.05, 0) is 67.2 Å². The number of aryl methyl sites for hydroxylation is 1. The molecule has 6 nitrogen and oxygen atoms in total. The summed E-state index contributed by atoms with van der Waals surface area (Å²) in [6.07, 6.45) is 1.57. The molecule has 0 saturated carbocycles. The van der Waals surface area contributed by atoms with E-state index >= 15 is 0 Å². The number of thioether (sulfide) groups is 1. The standard InChI is InChI=1S/C23H17ClN2O4S2/c1-15-6-12-19(13-7-15)32(28,29)30-20-5-3-2-4-16(20)14-21-22(27)26-23(31-21)25-18-10-8-17(24)9-11-18/h2-14H,1H3,(H,25,26,27)/b21-14+. The molecule has 1 aliphatic heterocycles. The maximum Gasteiger partial charge on any atom is 0.339 e. The van der Waals surface area contributed by atoms with E-state index in [2.05, 4.69) is 10.3 Å². The molecule has 3 aromatic carbocycles. The van der Waals surface area contributed by atoms with Gasteiger partial charge in [0.25, 0.3) is 5.91 Å². The van der Waals surface area contributed by atoms with E-state index in [9.17, 15) is 13.2 Å². The van der Waals surface area contributed by atoms with E-state index in [1.165, 1.54) is 12.1 Å². The number of benzene rings is 3. The lowest BCUT2D eigenvalue weighted by Gasteiger charge is -2.10. The van der Waals surface area contributed by atoms with Crippen LogP contribution in [0.1, 0.15) is 11.1 Å². The molecule has 162 valence electrons. The van der Waals surface area contributed by atoms with Gasteiger partial charge in [-0.3, -0.25) is 4.79 Å². The number of hydrogen-bond acceptors (Lipinski definition) is 6. The van der Waals surface area contributed by atoms with Crippen molar-refractivity contribution < 1.29 is 17.4 Å². The Bertz CT molecular complexity index is 1330. The number of hydrogen-bond donors (Lipinski definition) is 1. The Kier molecular flexibility index (Phi) is 6.36. The predicted octanol–water partition coefficient (Wildman–Crippen LogP) is 5.31. The van der Waals surface area contributed by atoms with Crippen LogP contribution in [0, 0.1) is 6.92 Å². The van der Waals surface area contributed by atoms with Crippen LogP contribution in [-0.4, -0.2) is 19.5 Å². The first-order chi connectivity index (χ1) is 15.3.